The lowest BCUT2D eigenvalue weighted by atomic mass is 10.0. The molecule has 0 aliphatic rings. The normalized spacial score (nSPS) is 11.6. The first-order valence-corrected chi connectivity index (χ1v) is 12.4. The van der Waals surface area contributed by atoms with E-state index in [1.165, 1.54) is 50.4 Å². The highest BCUT2D eigenvalue weighted by atomic mass is 32.2. The number of hydrogen-bond acceptors (Lipinski definition) is 9. The van der Waals surface area contributed by atoms with Crippen LogP contribution in [0.3, 0.4) is 0 Å². The Labute approximate surface area is 211 Å². The van der Waals surface area contributed by atoms with Crippen LogP contribution in [0.4, 0.5) is 0 Å². The lowest BCUT2D eigenvalue weighted by Crippen LogP contribution is -2.12. The molecule has 2 aromatic heterocycles. The molecule has 2 heterocycles. The predicted molar refractivity (Wildman–Crippen MR) is 131 cm³/mol. The van der Waals surface area contributed by atoms with E-state index in [4.69, 9.17) is 18.9 Å². The van der Waals surface area contributed by atoms with Crippen molar-refractivity contribution >= 4 is 49.6 Å². The van der Waals surface area contributed by atoms with Gasteiger partial charge in [0.2, 0.25) is 9.84 Å². The van der Waals surface area contributed by atoms with Crippen LogP contribution in [0.2, 0.25) is 0 Å². The molecule has 0 atom stereocenters. The minimum absolute atomic E-state index is 0.00279. The molecule has 11 nitrogen and oxygen atoms in total. The van der Waals surface area contributed by atoms with E-state index < -0.39 is 32.6 Å². The van der Waals surface area contributed by atoms with Gasteiger partial charge < -0.3 is 28.5 Å². The van der Waals surface area contributed by atoms with Crippen molar-refractivity contribution in [3.05, 3.63) is 53.3 Å². The van der Waals surface area contributed by atoms with Gasteiger partial charge in [-0.3, -0.25) is 4.79 Å². The Morgan fingerprint density at radius 1 is 0.946 bits per heavy atom. The Kier molecular flexibility index (Phi) is 6.80. The molecule has 0 saturated carbocycles. The van der Waals surface area contributed by atoms with Crippen LogP contribution in [0, 0.1) is 6.92 Å². The highest BCUT2D eigenvalue weighted by molar-refractivity contribution is 7.91. The van der Waals surface area contributed by atoms with Gasteiger partial charge in [0, 0.05) is 37.2 Å². The van der Waals surface area contributed by atoms with E-state index in [2.05, 4.69) is 4.98 Å². The van der Waals surface area contributed by atoms with E-state index in [9.17, 15) is 22.8 Å². The van der Waals surface area contributed by atoms with Crippen LogP contribution in [0.1, 0.15) is 33.2 Å². The minimum Gasteiger partial charge on any atom is -0.465 e. The zero-order chi connectivity index (χ0) is 27.1. The van der Waals surface area contributed by atoms with Gasteiger partial charge in [-0.15, -0.1) is 0 Å². The van der Waals surface area contributed by atoms with Crippen molar-refractivity contribution in [2.45, 2.75) is 30.4 Å². The highest BCUT2D eigenvalue weighted by Crippen LogP contribution is 2.46. The molecule has 2 aromatic carbocycles. The predicted octanol–water partition coefficient (Wildman–Crippen LogP) is 3.37. The molecule has 1 N–H and O–H groups in total. The molecule has 0 unspecified atom stereocenters. The number of fused-ring (bicyclic) bond motifs is 3. The standard InChI is InChI=1S/C25H24N2O9S/c1-13-6-8-15(9-7-13)37(31,32)23-20-18(16(10-26-20)24(29)34-4)19-17(25(30)35-5)11-27(12-33-3)21(19)22(23)36-14(2)28/h6-11,26H,12H2,1-5H3. The van der Waals surface area contributed by atoms with E-state index in [1.807, 2.05) is 6.92 Å². The molecule has 0 aliphatic carbocycles. The third-order valence-corrected chi connectivity index (χ3v) is 7.60. The SMILES string of the molecule is COCn1cc(C(=O)OC)c2c3c(C(=O)OC)c[nH]c3c(S(=O)(=O)c3ccc(C)cc3)c(OC(C)=O)c21. The summed E-state index contributed by atoms with van der Waals surface area (Å²) in [6, 6.07) is 6.12. The van der Waals surface area contributed by atoms with Crippen LogP contribution in [0.5, 0.6) is 5.75 Å². The smallest absolute Gasteiger partial charge is 0.340 e. The first-order chi connectivity index (χ1) is 17.6. The number of esters is 3. The Morgan fingerprint density at radius 3 is 2.14 bits per heavy atom. The number of carbonyl (C=O) groups is 3. The fraction of sp³-hybridized carbons (Fsp3) is 0.240. The van der Waals surface area contributed by atoms with Crippen LogP contribution in [-0.4, -0.2) is 57.2 Å². The van der Waals surface area contributed by atoms with Crippen molar-refractivity contribution in [3.63, 3.8) is 0 Å². The van der Waals surface area contributed by atoms with Gasteiger partial charge in [0.25, 0.3) is 0 Å². The fourth-order valence-electron chi connectivity index (χ4n) is 4.24. The van der Waals surface area contributed by atoms with Gasteiger partial charge in [0.15, 0.2) is 5.75 Å². The number of aromatic nitrogens is 2. The molecule has 0 radical (unpaired) electrons. The molecular weight excluding hydrogens is 504 g/mol. The van der Waals surface area contributed by atoms with Crippen LogP contribution >= 0.6 is 0 Å². The van der Waals surface area contributed by atoms with E-state index in [1.54, 1.807) is 12.1 Å². The average Bonchev–Trinajstić information content (AvgIpc) is 3.45. The number of carbonyl (C=O) groups excluding carboxylic acids is 3. The van der Waals surface area contributed by atoms with Crippen molar-refractivity contribution in [1.82, 2.24) is 9.55 Å². The lowest BCUT2D eigenvalue weighted by Gasteiger charge is -2.16. The largest absolute Gasteiger partial charge is 0.465 e. The van der Waals surface area contributed by atoms with Crippen LogP contribution in [-0.2, 0) is 35.6 Å². The summed E-state index contributed by atoms with van der Waals surface area (Å²) < 4.78 is 50.2. The van der Waals surface area contributed by atoms with Crippen molar-refractivity contribution < 1.29 is 41.7 Å². The van der Waals surface area contributed by atoms with Gasteiger partial charge in [-0.2, -0.15) is 0 Å². The van der Waals surface area contributed by atoms with Gasteiger partial charge in [-0.1, -0.05) is 17.7 Å². The van der Waals surface area contributed by atoms with Crippen molar-refractivity contribution in [2.75, 3.05) is 21.3 Å². The van der Waals surface area contributed by atoms with Crippen molar-refractivity contribution in [1.29, 1.82) is 0 Å². The number of nitrogens with zero attached hydrogens (tertiary/aromatic N) is 1. The molecule has 37 heavy (non-hydrogen) atoms. The summed E-state index contributed by atoms with van der Waals surface area (Å²) in [7, 11) is -0.597. The molecule has 0 saturated heterocycles. The number of methoxy groups -OCH3 is 3. The highest BCUT2D eigenvalue weighted by Gasteiger charge is 2.35. The Balaban J connectivity index is 2.32. The topological polar surface area (TPSA) is 143 Å². The molecule has 0 amide bonds. The first kappa shape index (κ1) is 25.9. The van der Waals surface area contributed by atoms with Gasteiger partial charge in [0.05, 0.1) is 41.3 Å². The Hall–Kier alpha value is -4.16. The second-order valence-electron chi connectivity index (χ2n) is 8.16. The maximum Gasteiger partial charge on any atom is 0.340 e. The number of sulfone groups is 1. The molecule has 4 rings (SSSR count). The first-order valence-electron chi connectivity index (χ1n) is 10.9. The van der Waals surface area contributed by atoms with E-state index >= 15 is 0 Å². The molecule has 4 aromatic rings. The van der Waals surface area contributed by atoms with Crippen molar-refractivity contribution in [3.8, 4) is 5.75 Å². The molecule has 0 aliphatic heterocycles. The molecule has 0 bridgehead atoms. The number of benzene rings is 2. The second-order valence-corrected chi connectivity index (χ2v) is 10.0. The van der Waals surface area contributed by atoms with Crippen LogP contribution < -0.4 is 4.74 Å². The molecule has 194 valence electrons. The number of nitrogens with one attached hydrogen (secondary N) is 1. The maximum atomic E-state index is 14.1. The quantitative estimate of drug-likeness (QED) is 0.282. The lowest BCUT2D eigenvalue weighted by molar-refractivity contribution is -0.131. The average molecular weight is 529 g/mol. The second kappa shape index (κ2) is 9.71. The van der Waals surface area contributed by atoms with Crippen LogP contribution in [0.15, 0.2) is 46.5 Å². The number of H-pyrrole nitrogens is 1. The Morgan fingerprint density at radius 2 is 1.57 bits per heavy atom. The van der Waals surface area contributed by atoms with Gasteiger partial charge in [-0.25, -0.2) is 18.0 Å². The van der Waals surface area contributed by atoms with Crippen molar-refractivity contribution in [2.24, 2.45) is 0 Å². The summed E-state index contributed by atoms with van der Waals surface area (Å²) in [4.78, 5) is 40.1. The number of hydrogen-bond donors (Lipinski definition) is 1. The van der Waals surface area contributed by atoms with Gasteiger partial charge in [0.1, 0.15) is 11.6 Å². The summed E-state index contributed by atoms with van der Waals surface area (Å²) >= 11 is 0. The third kappa shape index (κ3) is 4.23. The van der Waals surface area contributed by atoms with Gasteiger partial charge in [-0.05, 0) is 19.1 Å². The summed E-state index contributed by atoms with van der Waals surface area (Å²) in [6.07, 6.45) is 2.65. The Bertz CT molecular complexity index is 1660. The van der Waals surface area contributed by atoms with E-state index in [-0.39, 0.29) is 50.3 Å². The third-order valence-electron chi connectivity index (χ3n) is 5.78. The number of aromatic amines is 1. The summed E-state index contributed by atoms with van der Waals surface area (Å²) in [5, 5.41) is 0.207. The molecular formula is C25H24N2O9S. The maximum absolute atomic E-state index is 14.1. The summed E-state index contributed by atoms with van der Waals surface area (Å²) in [6.45, 7) is 2.79. The molecule has 0 spiro atoms. The molecule has 0 fully saturated rings. The number of ether oxygens (including phenoxy) is 4. The van der Waals surface area contributed by atoms with Gasteiger partial charge >= 0.3 is 17.9 Å². The number of rotatable bonds is 7. The van der Waals surface area contributed by atoms with E-state index in [0.717, 1.165) is 12.5 Å². The summed E-state index contributed by atoms with van der Waals surface area (Å²) in [5.41, 5.74) is 0.796. The zero-order valence-corrected chi connectivity index (χ0v) is 21.5. The van der Waals surface area contributed by atoms with E-state index in [0.29, 0.717) is 0 Å². The van der Waals surface area contributed by atoms with Crippen LogP contribution in [0.25, 0.3) is 21.8 Å². The molecule has 12 heteroatoms. The summed E-state index contributed by atoms with van der Waals surface area (Å²) in [5.74, 6) is -2.67. The minimum atomic E-state index is -4.35. The monoisotopic (exact) mass is 528 g/mol. The zero-order valence-electron chi connectivity index (χ0n) is 20.7. The number of aryl methyl sites for hydroxylation is 1. The fourth-order valence-corrected chi connectivity index (χ4v) is 5.79.